The van der Waals surface area contributed by atoms with Crippen molar-refractivity contribution in [2.45, 2.75) is 51.9 Å². The van der Waals surface area contributed by atoms with Gasteiger partial charge < -0.3 is 15.4 Å². The molecule has 1 aliphatic heterocycles. The zero-order valence-corrected chi connectivity index (χ0v) is 22.4. The molecule has 1 aliphatic rings. The summed E-state index contributed by atoms with van der Waals surface area (Å²) in [4.78, 5) is 40.6. The van der Waals surface area contributed by atoms with Gasteiger partial charge in [-0.3, -0.25) is 14.5 Å². The molecule has 3 amide bonds. The van der Waals surface area contributed by atoms with E-state index in [0.717, 1.165) is 11.1 Å². The van der Waals surface area contributed by atoms with Crippen LogP contribution in [0.25, 0.3) is 0 Å². The highest BCUT2D eigenvalue weighted by Gasteiger charge is 2.47. The molecule has 4 rings (SSSR count). The molecule has 3 aromatic carbocycles. The Bertz CT molecular complexity index is 1300. The van der Waals surface area contributed by atoms with Crippen molar-refractivity contribution >= 4 is 35.2 Å². The van der Waals surface area contributed by atoms with Crippen molar-refractivity contribution in [3.8, 4) is 0 Å². The molecule has 8 heteroatoms. The van der Waals surface area contributed by atoms with Gasteiger partial charge in [0.2, 0.25) is 11.8 Å². The number of nitrogens with one attached hydrogen (secondary N) is 2. The van der Waals surface area contributed by atoms with Gasteiger partial charge in [-0.05, 0) is 53.8 Å². The molecule has 3 atom stereocenters. The Balaban J connectivity index is 1.63. The van der Waals surface area contributed by atoms with Crippen molar-refractivity contribution in [2.75, 3.05) is 5.32 Å². The highest BCUT2D eigenvalue weighted by Crippen LogP contribution is 2.35. The lowest BCUT2D eigenvalue weighted by molar-refractivity contribution is -0.127. The Kier molecular flexibility index (Phi) is 8.69. The van der Waals surface area contributed by atoms with Crippen LogP contribution in [0.15, 0.2) is 78.9 Å². The number of nitrogens with zero attached hydrogens (tertiary/aromatic N) is 1. The molecule has 0 spiro atoms. The lowest BCUT2D eigenvalue weighted by atomic mass is 9.99. The van der Waals surface area contributed by atoms with E-state index in [2.05, 4.69) is 10.6 Å². The first kappa shape index (κ1) is 27.2. The minimum Gasteiger partial charge on any atom is -0.438 e. The van der Waals surface area contributed by atoms with Crippen LogP contribution in [0.2, 0.25) is 5.02 Å². The van der Waals surface area contributed by atoms with Gasteiger partial charge in [0, 0.05) is 17.1 Å². The molecule has 198 valence electrons. The predicted molar refractivity (Wildman–Crippen MR) is 148 cm³/mol. The molecule has 0 radical (unpaired) electrons. The standard InChI is InChI=1S/C30H32ClN3O4/c1-19(2)15-26(35)33-25-14-8-12-23(17-25)28-27(29(36)32-20(3)22-10-5-4-6-11-22)34(30(37)38-28)18-21-9-7-13-24(31)16-21/h4-14,16-17,19-20,27-28H,15,18H2,1-3H3,(H,32,36)(H,33,35). The van der Waals surface area contributed by atoms with Gasteiger partial charge in [-0.1, -0.05) is 80.0 Å². The summed E-state index contributed by atoms with van der Waals surface area (Å²) >= 11 is 6.17. The summed E-state index contributed by atoms with van der Waals surface area (Å²) in [6.45, 7) is 5.99. The number of carbonyl (C=O) groups excluding carboxylic acids is 3. The minimum atomic E-state index is -0.936. The molecule has 0 aromatic heterocycles. The molecule has 1 saturated heterocycles. The minimum absolute atomic E-state index is 0.103. The third kappa shape index (κ3) is 6.72. The van der Waals surface area contributed by atoms with Crippen LogP contribution in [0, 0.1) is 5.92 Å². The maximum absolute atomic E-state index is 13.7. The first-order valence-electron chi connectivity index (χ1n) is 12.7. The Hall–Kier alpha value is -3.84. The van der Waals surface area contributed by atoms with Gasteiger partial charge in [0.15, 0.2) is 12.1 Å². The molecular weight excluding hydrogens is 502 g/mol. The number of carbonyl (C=O) groups is 3. The van der Waals surface area contributed by atoms with E-state index in [9.17, 15) is 14.4 Å². The molecule has 3 unspecified atom stereocenters. The fourth-order valence-electron chi connectivity index (χ4n) is 4.54. The van der Waals surface area contributed by atoms with Gasteiger partial charge in [-0.15, -0.1) is 0 Å². The highest BCUT2D eigenvalue weighted by molar-refractivity contribution is 6.30. The second kappa shape index (κ2) is 12.1. The molecule has 3 aromatic rings. The zero-order chi connectivity index (χ0) is 27.2. The summed E-state index contributed by atoms with van der Waals surface area (Å²) in [6, 6.07) is 22.6. The monoisotopic (exact) mass is 533 g/mol. The van der Waals surface area contributed by atoms with Crippen LogP contribution in [0.1, 0.15) is 56.0 Å². The number of hydrogen-bond acceptors (Lipinski definition) is 4. The SMILES string of the molecule is CC(C)CC(=O)Nc1cccc(C2OC(=O)N(Cc3cccc(Cl)c3)C2C(=O)NC(C)c2ccccc2)c1. The van der Waals surface area contributed by atoms with Crippen molar-refractivity contribution in [3.05, 3.63) is 101 Å². The second-order valence-corrected chi connectivity index (χ2v) is 10.4. The van der Waals surface area contributed by atoms with Crippen LogP contribution in [-0.2, 0) is 20.9 Å². The van der Waals surface area contributed by atoms with Crippen molar-refractivity contribution in [2.24, 2.45) is 5.92 Å². The Morgan fingerprint density at radius 1 is 0.974 bits per heavy atom. The van der Waals surface area contributed by atoms with E-state index in [-0.39, 0.29) is 30.3 Å². The summed E-state index contributed by atoms with van der Waals surface area (Å²) in [5, 5.41) is 6.48. The van der Waals surface area contributed by atoms with Crippen LogP contribution in [0.3, 0.4) is 0 Å². The van der Waals surface area contributed by atoms with Gasteiger partial charge in [-0.2, -0.15) is 0 Å². The van der Waals surface area contributed by atoms with E-state index in [1.807, 2.05) is 57.2 Å². The number of rotatable bonds is 9. The van der Waals surface area contributed by atoms with Gasteiger partial charge in [0.25, 0.3) is 0 Å². The Morgan fingerprint density at radius 2 is 1.71 bits per heavy atom. The van der Waals surface area contributed by atoms with E-state index in [1.165, 1.54) is 4.90 Å². The number of benzene rings is 3. The van der Waals surface area contributed by atoms with Crippen molar-refractivity contribution in [1.29, 1.82) is 0 Å². The first-order valence-corrected chi connectivity index (χ1v) is 13.1. The summed E-state index contributed by atoms with van der Waals surface area (Å²) in [7, 11) is 0. The fourth-order valence-corrected chi connectivity index (χ4v) is 4.75. The number of amides is 3. The number of hydrogen-bond donors (Lipinski definition) is 2. The third-order valence-corrected chi connectivity index (χ3v) is 6.58. The molecule has 1 fully saturated rings. The topological polar surface area (TPSA) is 87.7 Å². The molecule has 0 saturated carbocycles. The number of ether oxygens (including phenoxy) is 1. The van der Waals surface area contributed by atoms with Gasteiger partial charge >= 0.3 is 6.09 Å². The highest BCUT2D eigenvalue weighted by atomic mass is 35.5. The van der Waals surface area contributed by atoms with Crippen molar-refractivity contribution < 1.29 is 19.1 Å². The van der Waals surface area contributed by atoms with Crippen LogP contribution in [0.4, 0.5) is 10.5 Å². The van der Waals surface area contributed by atoms with Gasteiger partial charge in [0.05, 0.1) is 12.6 Å². The first-order chi connectivity index (χ1) is 18.2. The normalized spacial score (nSPS) is 17.7. The van der Waals surface area contributed by atoms with Crippen LogP contribution in [-0.4, -0.2) is 28.8 Å². The van der Waals surface area contributed by atoms with E-state index in [4.69, 9.17) is 16.3 Å². The van der Waals surface area contributed by atoms with E-state index >= 15 is 0 Å². The van der Waals surface area contributed by atoms with Crippen LogP contribution >= 0.6 is 11.6 Å². The second-order valence-electron chi connectivity index (χ2n) is 9.92. The van der Waals surface area contributed by atoms with Crippen molar-refractivity contribution in [1.82, 2.24) is 10.2 Å². The molecule has 0 bridgehead atoms. The van der Waals surface area contributed by atoms with E-state index in [0.29, 0.717) is 22.7 Å². The molecule has 1 heterocycles. The Morgan fingerprint density at radius 3 is 2.42 bits per heavy atom. The zero-order valence-electron chi connectivity index (χ0n) is 21.7. The van der Waals surface area contributed by atoms with Crippen LogP contribution in [0.5, 0.6) is 0 Å². The number of halogens is 1. The third-order valence-electron chi connectivity index (χ3n) is 6.35. The lowest BCUT2D eigenvalue weighted by Crippen LogP contribution is -2.46. The average molecular weight is 534 g/mol. The fraction of sp³-hybridized carbons (Fsp3) is 0.300. The maximum atomic E-state index is 13.7. The summed E-state index contributed by atoms with van der Waals surface area (Å²) in [6.07, 6.45) is -1.08. The number of cyclic esters (lactones) is 1. The average Bonchev–Trinajstić information content (AvgIpc) is 3.20. The van der Waals surface area contributed by atoms with Gasteiger partial charge in [0.1, 0.15) is 0 Å². The largest absolute Gasteiger partial charge is 0.438 e. The van der Waals surface area contributed by atoms with E-state index in [1.54, 1.807) is 42.5 Å². The van der Waals surface area contributed by atoms with Crippen LogP contribution < -0.4 is 10.6 Å². The molecule has 7 nitrogen and oxygen atoms in total. The molecule has 38 heavy (non-hydrogen) atoms. The smallest absolute Gasteiger partial charge is 0.411 e. The van der Waals surface area contributed by atoms with Gasteiger partial charge in [-0.25, -0.2) is 4.79 Å². The van der Waals surface area contributed by atoms with E-state index < -0.39 is 18.2 Å². The molecule has 2 N–H and O–H groups in total. The molecular formula is C30H32ClN3O4. The molecule has 0 aliphatic carbocycles. The quantitative estimate of drug-likeness (QED) is 0.339. The lowest BCUT2D eigenvalue weighted by Gasteiger charge is -2.26. The summed E-state index contributed by atoms with van der Waals surface area (Å²) in [5.41, 5.74) is 2.91. The summed E-state index contributed by atoms with van der Waals surface area (Å²) < 4.78 is 5.79. The summed E-state index contributed by atoms with van der Waals surface area (Å²) in [5.74, 6) is -0.226. The Labute approximate surface area is 228 Å². The van der Waals surface area contributed by atoms with Crippen molar-refractivity contribution in [3.63, 3.8) is 0 Å². The predicted octanol–water partition coefficient (Wildman–Crippen LogP) is 6.26. The maximum Gasteiger partial charge on any atom is 0.411 e. The number of anilines is 1.